The fourth-order valence-electron chi connectivity index (χ4n) is 3.43. The SMILES string of the molecule is CCCCCCCn1c(N)c(C(=O)OC[C@H](C)CC)c2nc3ccccc3nc21. The fraction of sp³-hybridized carbons (Fsp3) is 0.522. The van der Waals surface area contributed by atoms with Crippen LogP contribution >= 0.6 is 0 Å². The standard InChI is InChI=1S/C23H32N4O2/c1-4-6-7-8-11-14-27-21(24)19(23(28)29-15-16(3)5-2)20-22(27)26-18-13-10-9-12-17(18)25-20/h9-10,12-13,16H,4-8,11,14-15,24H2,1-3H3/t16-/m1/s1. The molecular formula is C23H32N4O2. The van der Waals surface area contributed by atoms with E-state index in [9.17, 15) is 4.79 Å². The molecule has 6 nitrogen and oxygen atoms in total. The molecule has 0 unspecified atom stereocenters. The zero-order valence-electron chi connectivity index (χ0n) is 17.8. The maximum Gasteiger partial charge on any atom is 0.344 e. The highest BCUT2D eigenvalue weighted by atomic mass is 16.5. The third kappa shape index (κ3) is 4.69. The summed E-state index contributed by atoms with van der Waals surface area (Å²) >= 11 is 0. The van der Waals surface area contributed by atoms with Gasteiger partial charge in [0, 0.05) is 6.54 Å². The molecule has 2 N–H and O–H groups in total. The Morgan fingerprint density at radius 1 is 1.10 bits per heavy atom. The molecule has 0 amide bonds. The highest BCUT2D eigenvalue weighted by Crippen LogP contribution is 2.29. The van der Waals surface area contributed by atoms with Gasteiger partial charge in [-0.3, -0.25) is 0 Å². The van der Waals surface area contributed by atoms with Gasteiger partial charge in [-0.1, -0.05) is 65.0 Å². The van der Waals surface area contributed by atoms with Crippen LogP contribution in [-0.4, -0.2) is 27.1 Å². The molecule has 3 rings (SSSR count). The summed E-state index contributed by atoms with van der Waals surface area (Å²) in [7, 11) is 0. The molecule has 0 saturated heterocycles. The van der Waals surface area contributed by atoms with Crippen LogP contribution in [0.3, 0.4) is 0 Å². The first-order chi connectivity index (χ1) is 14.1. The van der Waals surface area contributed by atoms with E-state index in [-0.39, 0.29) is 0 Å². The van der Waals surface area contributed by atoms with Gasteiger partial charge in [-0.15, -0.1) is 0 Å². The van der Waals surface area contributed by atoms with Gasteiger partial charge in [-0.05, 0) is 24.5 Å². The molecule has 0 aliphatic rings. The Hall–Kier alpha value is -2.63. The van der Waals surface area contributed by atoms with Crippen molar-refractivity contribution < 1.29 is 9.53 Å². The summed E-state index contributed by atoms with van der Waals surface area (Å²) < 4.78 is 7.48. The van der Waals surface area contributed by atoms with Crippen molar-refractivity contribution >= 4 is 34.0 Å². The van der Waals surface area contributed by atoms with Gasteiger partial charge >= 0.3 is 5.97 Å². The molecule has 0 radical (unpaired) electrons. The van der Waals surface area contributed by atoms with Crippen LogP contribution < -0.4 is 5.73 Å². The van der Waals surface area contributed by atoms with E-state index in [4.69, 9.17) is 20.4 Å². The van der Waals surface area contributed by atoms with Crippen molar-refractivity contribution in [2.45, 2.75) is 65.8 Å². The van der Waals surface area contributed by atoms with Crippen molar-refractivity contribution in [3.8, 4) is 0 Å². The molecule has 0 spiro atoms. The van der Waals surface area contributed by atoms with Crippen LogP contribution in [0.2, 0.25) is 0 Å². The summed E-state index contributed by atoms with van der Waals surface area (Å²) in [6, 6.07) is 7.68. The van der Waals surface area contributed by atoms with Gasteiger partial charge < -0.3 is 15.0 Å². The lowest BCUT2D eigenvalue weighted by molar-refractivity contribution is 0.0450. The predicted octanol–water partition coefficient (Wildman–Crippen LogP) is 5.34. The molecule has 1 atom stereocenters. The number of fused-ring (bicyclic) bond motifs is 2. The first-order valence-corrected chi connectivity index (χ1v) is 10.8. The molecule has 3 aromatic rings. The summed E-state index contributed by atoms with van der Waals surface area (Å²) in [5.41, 5.74) is 9.52. The molecule has 29 heavy (non-hydrogen) atoms. The number of anilines is 1. The Kier molecular flexibility index (Phi) is 7.07. The van der Waals surface area contributed by atoms with Crippen LogP contribution in [0.1, 0.15) is 69.7 Å². The third-order valence-electron chi connectivity index (χ3n) is 5.48. The number of hydrogen-bond acceptors (Lipinski definition) is 5. The number of nitrogens with zero attached hydrogens (tertiary/aromatic N) is 3. The summed E-state index contributed by atoms with van der Waals surface area (Å²) in [6.45, 7) is 7.44. The van der Waals surface area contributed by atoms with E-state index in [2.05, 4.69) is 20.8 Å². The number of benzene rings is 1. The number of aromatic nitrogens is 3. The van der Waals surface area contributed by atoms with Crippen molar-refractivity contribution in [1.82, 2.24) is 14.5 Å². The maximum absolute atomic E-state index is 12.9. The van der Waals surface area contributed by atoms with Gasteiger partial charge in [0.05, 0.1) is 17.6 Å². The number of esters is 1. The summed E-state index contributed by atoms with van der Waals surface area (Å²) in [5.74, 6) is 0.293. The minimum absolute atomic E-state index is 0.305. The highest BCUT2D eigenvalue weighted by Gasteiger charge is 2.25. The maximum atomic E-state index is 12.9. The number of hydrogen-bond donors (Lipinski definition) is 1. The number of ether oxygens (including phenoxy) is 1. The molecule has 1 aromatic carbocycles. The largest absolute Gasteiger partial charge is 0.462 e. The van der Waals surface area contributed by atoms with E-state index in [1.807, 2.05) is 28.8 Å². The van der Waals surface area contributed by atoms with E-state index in [1.54, 1.807) is 0 Å². The molecule has 0 saturated carbocycles. The van der Waals surface area contributed by atoms with Gasteiger partial charge in [-0.25, -0.2) is 14.8 Å². The van der Waals surface area contributed by atoms with Crippen LogP contribution in [0, 0.1) is 5.92 Å². The monoisotopic (exact) mass is 396 g/mol. The first-order valence-electron chi connectivity index (χ1n) is 10.8. The smallest absolute Gasteiger partial charge is 0.344 e. The predicted molar refractivity (Wildman–Crippen MR) is 118 cm³/mol. The zero-order chi connectivity index (χ0) is 20.8. The number of aryl methyl sites for hydroxylation is 1. The highest BCUT2D eigenvalue weighted by molar-refractivity contribution is 6.08. The van der Waals surface area contributed by atoms with Gasteiger partial charge in [0.1, 0.15) is 16.9 Å². The second-order valence-electron chi connectivity index (χ2n) is 7.82. The number of para-hydroxylation sites is 2. The molecule has 0 bridgehead atoms. The molecule has 0 aliphatic carbocycles. The molecule has 0 aliphatic heterocycles. The minimum Gasteiger partial charge on any atom is -0.462 e. The van der Waals surface area contributed by atoms with Gasteiger partial charge in [0.25, 0.3) is 0 Å². The Balaban J connectivity index is 1.98. The van der Waals surface area contributed by atoms with Gasteiger partial charge in [-0.2, -0.15) is 0 Å². The van der Waals surface area contributed by atoms with Crippen LogP contribution in [0.5, 0.6) is 0 Å². The van der Waals surface area contributed by atoms with Crippen molar-refractivity contribution in [1.29, 1.82) is 0 Å². The summed E-state index contributed by atoms with van der Waals surface area (Å²) in [5, 5.41) is 0. The Labute approximate surface area is 172 Å². The summed E-state index contributed by atoms with van der Waals surface area (Å²) in [6.07, 6.45) is 6.71. The zero-order valence-corrected chi connectivity index (χ0v) is 17.8. The second kappa shape index (κ2) is 9.72. The van der Waals surface area contributed by atoms with Crippen molar-refractivity contribution in [2.24, 2.45) is 5.92 Å². The topological polar surface area (TPSA) is 83.0 Å². The van der Waals surface area contributed by atoms with Crippen molar-refractivity contribution in [3.05, 3.63) is 29.8 Å². The van der Waals surface area contributed by atoms with Crippen LogP contribution in [0.25, 0.3) is 22.2 Å². The average Bonchev–Trinajstić information content (AvgIpc) is 3.00. The quantitative estimate of drug-likeness (QED) is 0.369. The normalized spacial score (nSPS) is 12.5. The number of carbonyl (C=O) groups excluding carboxylic acids is 1. The van der Waals surface area contributed by atoms with Gasteiger partial charge in [0.15, 0.2) is 5.65 Å². The van der Waals surface area contributed by atoms with E-state index in [0.717, 1.165) is 36.8 Å². The number of nitrogen functional groups attached to an aromatic ring is 1. The minimum atomic E-state index is -0.415. The van der Waals surface area contributed by atoms with Gasteiger partial charge in [0.2, 0.25) is 0 Å². The molecule has 156 valence electrons. The van der Waals surface area contributed by atoms with E-state index >= 15 is 0 Å². The molecule has 2 aromatic heterocycles. The van der Waals surface area contributed by atoms with Crippen LogP contribution in [-0.2, 0) is 11.3 Å². The van der Waals surface area contributed by atoms with E-state index < -0.39 is 5.97 Å². The van der Waals surface area contributed by atoms with Crippen molar-refractivity contribution in [2.75, 3.05) is 12.3 Å². The molecule has 2 heterocycles. The number of carbonyl (C=O) groups is 1. The van der Waals surface area contributed by atoms with E-state index in [1.165, 1.54) is 19.3 Å². The number of nitrogens with two attached hydrogens (primary N) is 1. The Bertz CT molecular complexity index is 980. The lowest BCUT2D eigenvalue weighted by Crippen LogP contribution is -2.14. The third-order valence-corrected chi connectivity index (χ3v) is 5.48. The lowest BCUT2D eigenvalue weighted by Gasteiger charge is -2.10. The lowest BCUT2D eigenvalue weighted by atomic mass is 10.1. The van der Waals surface area contributed by atoms with E-state index in [0.29, 0.717) is 35.1 Å². The fourth-order valence-corrected chi connectivity index (χ4v) is 3.43. The number of unbranched alkanes of at least 4 members (excludes halogenated alkanes) is 4. The van der Waals surface area contributed by atoms with Crippen LogP contribution in [0.15, 0.2) is 24.3 Å². The summed E-state index contributed by atoms with van der Waals surface area (Å²) in [4.78, 5) is 22.4. The molecular weight excluding hydrogens is 364 g/mol. The Morgan fingerprint density at radius 2 is 1.79 bits per heavy atom. The van der Waals surface area contributed by atoms with Crippen LogP contribution in [0.4, 0.5) is 5.82 Å². The average molecular weight is 397 g/mol. The molecule has 6 heteroatoms. The second-order valence-corrected chi connectivity index (χ2v) is 7.82. The number of rotatable bonds is 10. The Morgan fingerprint density at radius 3 is 2.48 bits per heavy atom. The first kappa shape index (κ1) is 21.1. The molecule has 0 fully saturated rings. The van der Waals surface area contributed by atoms with Crippen molar-refractivity contribution in [3.63, 3.8) is 0 Å².